The molecule has 7 nitrogen and oxygen atoms in total. The Morgan fingerprint density at radius 1 is 1.19 bits per heavy atom. The van der Waals surface area contributed by atoms with Gasteiger partial charge in [-0.15, -0.1) is 0 Å². The van der Waals surface area contributed by atoms with Crippen LogP contribution in [0.2, 0.25) is 5.02 Å². The van der Waals surface area contributed by atoms with Gasteiger partial charge in [-0.05, 0) is 24.6 Å². The van der Waals surface area contributed by atoms with Crippen molar-refractivity contribution in [3.05, 3.63) is 58.1 Å². The number of carbonyl (C=O) groups is 2. The van der Waals surface area contributed by atoms with Gasteiger partial charge in [0.05, 0.1) is 30.2 Å². The molecule has 0 saturated carbocycles. The van der Waals surface area contributed by atoms with Crippen molar-refractivity contribution in [2.24, 2.45) is 11.8 Å². The molecular formula is C23H16ClF5N4O3. The highest BCUT2D eigenvalue weighted by atomic mass is 35.5. The van der Waals surface area contributed by atoms with Crippen molar-refractivity contribution in [3.8, 4) is 11.8 Å². The smallest absolute Gasteiger partial charge is 0.381 e. The van der Waals surface area contributed by atoms with Gasteiger partial charge in [0.2, 0.25) is 11.7 Å². The molecule has 36 heavy (non-hydrogen) atoms. The van der Waals surface area contributed by atoms with E-state index in [4.69, 9.17) is 16.3 Å². The number of rotatable bonds is 5. The van der Waals surface area contributed by atoms with E-state index in [2.05, 4.69) is 27.1 Å². The highest BCUT2D eigenvalue weighted by Gasteiger charge is 2.50. The number of nitrogens with zero attached hydrogens (tertiary/aromatic N) is 3. The fourth-order valence-corrected chi connectivity index (χ4v) is 4.59. The minimum Gasteiger partial charge on any atom is -0.381 e. The van der Waals surface area contributed by atoms with Crippen LogP contribution in [0.25, 0.3) is 0 Å². The van der Waals surface area contributed by atoms with Crippen LogP contribution in [0.5, 0.6) is 0 Å². The second-order valence-corrected chi connectivity index (χ2v) is 9.05. The van der Waals surface area contributed by atoms with E-state index in [1.807, 2.05) is 0 Å². The molecule has 2 aliphatic heterocycles. The largest absolute Gasteiger partial charge is 0.451 e. The maximum absolute atomic E-state index is 14.7. The van der Waals surface area contributed by atoms with Gasteiger partial charge in [0.1, 0.15) is 29.4 Å². The third-order valence-corrected chi connectivity index (χ3v) is 6.67. The SMILES string of the molecule is O=C(N[C@@H](c1cc(F)c(Cl)cc1F)C1COC1)[C@H]1C[C@H]2C#C[C@H]2N1C(=O)c1ccnc(C(F)(F)F)n1. The number of likely N-dealkylation sites (tertiary alicyclic amines) is 1. The van der Waals surface area contributed by atoms with Crippen molar-refractivity contribution >= 4 is 23.4 Å². The van der Waals surface area contributed by atoms with Crippen LogP contribution in [0.3, 0.4) is 0 Å². The number of amides is 2. The Hall–Kier alpha value is -3.30. The van der Waals surface area contributed by atoms with E-state index >= 15 is 0 Å². The monoisotopic (exact) mass is 526 g/mol. The highest BCUT2D eigenvalue weighted by molar-refractivity contribution is 6.30. The van der Waals surface area contributed by atoms with Gasteiger partial charge in [0, 0.05) is 17.7 Å². The molecule has 4 atom stereocenters. The third kappa shape index (κ3) is 4.26. The maximum atomic E-state index is 14.7. The first-order chi connectivity index (χ1) is 17.0. The Bertz CT molecular complexity index is 1310. The number of halogens is 6. The quantitative estimate of drug-likeness (QED) is 0.368. The highest BCUT2D eigenvalue weighted by Crippen LogP contribution is 2.37. The minimum atomic E-state index is -4.87. The number of aromatic nitrogens is 2. The lowest BCUT2D eigenvalue weighted by atomic mass is 9.90. The molecule has 188 valence electrons. The van der Waals surface area contributed by atoms with Crippen LogP contribution in [-0.4, -0.2) is 52.0 Å². The molecule has 2 fully saturated rings. The molecule has 0 radical (unpaired) electrons. The number of ether oxygens (including phenoxy) is 1. The normalized spacial score (nSPS) is 23.6. The Kier molecular flexibility index (Phi) is 6.08. The Labute approximate surface area is 206 Å². The first-order valence-electron chi connectivity index (χ1n) is 10.8. The fraction of sp³-hybridized carbons (Fsp3) is 0.391. The van der Waals surface area contributed by atoms with Gasteiger partial charge in [-0.1, -0.05) is 23.4 Å². The van der Waals surface area contributed by atoms with Crippen LogP contribution in [0.1, 0.15) is 34.3 Å². The molecule has 2 saturated heterocycles. The number of carbonyl (C=O) groups excluding carboxylic acids is 2. The molecular weight excluding hydrogens is 511 g/mol. The van der Waals surface area contributed by atoms with Crippen molar-refractivity contribution in [1.29, 1.82) is 0 Å². The topological polar surface area (TPSA) is 84.4 Å². The first kappa shape index (κ1) is 24.4. The van der Waals surface area contributed by atoms with Gasteiger partial charge in [0.15, 0.2) is 0 Å². The lowest BCUT2D eigenvalue weighted by molar-refractivity contribution is -0.145. The van der Waals surface area contributed by atoms with Crippen molar-refractivity contribution < 1.29 is 36.3 Å². The summed E-state index contributed by atoms with van der Waals surface area (Å²) in [6.45, 7) is 0.356. The van der Waals surface area contributed by atoms with Crippen LogP contribution >= 0.6 is 11.6 Å². The summed E-state index contributed by atoms with van der Waals surface area (Å²) in [6, 6.07) is -0.102. The van der Waals surface area contributed by atoms with Gasteiger partial charge >= 0.3 is 6.18 Å². The van der Waals surface area contributed by atoms with E-state index in [9.17, 15) is 31.5 Å². The maximum Gasteiger partial charge on any atom is 0.451 e. The number of fused-ring (bicyclic) bond motifs is 1. The number of nitrogens with one attached hydrogen (secondary N) is 1. The molecule has 0 unspecified atom stereocenters. The summed E-state index contributed by atoms with van der Waals surface area (Å²) in [5, 5.41) is 2.25. The Morgan fingerprint density at radius 2 is 1.94 bits per heavy atom. The zero-order valence-electron chi connectivity index (χ0n) is 18.2. The lowest BCUT2D eigenvalue weighted by Gasteiger charge is -2.36. The van der Waals surface area contributed by atoms with E-state index < -0.39 is 64.3 Å². The van der Waals surface area contributed by atoms with E-state index in [0.717, 1.165) is 29.3 Å². The van der Waals surface area contributed by atoms with E-state index in [1.165, 1.54) is 0 Å². The molecule has 3 aliphatic rings. The van der Waals surface area contributed by atoms with E-state index in [-0.39, 0.29) is 37.0 Å². The average Bonchev–Trinajstić information content (AvgIpc) is 3.03. The lowest BCUT2D eigenvalue weighted by Crippen LogP contribution is -2.52. The zero-order valence-corrected chi connectivity index (χ0v) is 18.9. The van der Waals surface area contributed by atoms with Crippen molar-refractivity contribution in [2.45, 2.75) is 30.7 Å². The zero-order chi connectivity index (χ0) is 25.8. The predicted molar refractivity (Wildman–Crippen MR) is 113 cm³/mol. The van der Waals surface area contributed by atoms with E-state index in [1.54, 1.807) is 0 Å². The van der Waals surface area contributed by atoms with Crippen molar-refractivity contribution in [2.75, 3.05) is 13.2 Å². The minimum absolute atomic E-state index is 0.123. The molecule has 1 aromatic carbocycles. The number of benzene rings is 1. The van der Waals surface area contributed by atoms with Gasteiger partial charge < -0.3 is 15.0 Å². The van der Waals surface area contributed by atoms with Crippen LogP contribution in [-0.2, 0) is 15.7 Å². The van der Waals surface area contributed by atoms with Gasteiger partial charge in [-0.2, -0.15) is 13.2 Å². The third-order valence-electron chi connectivity index (χ3n) is 6.38. The summed E-state index contributed by atoms with van der Waals surface area (Å²) in [4.78, 5) is 34.1. The predicted octanol–water partition coefficient (Wildman–Crippen LogP) is 3.15. The molecule has 3 heterocycles. The molecule has 1 aliphatic carbocycles. The summed E-state index contributed by atoms with van der Waals surface area (Å²) in [7, 11) is 0. The van der Waals surface area contributed by atoms with Gasteiger partial charge in [0.25, 0.3) is 5.91 Å². The summed E-state index contributed by atoms with van der Waals surface area (Å²) < 4.78 is 73.1. The molecule has 2 amide bonds. The van der Waals surface area contributed by atoms with Crippen LogP contribution < -0.4 is 5.32 Å². The Balaban J connectivity index is 1.42. The molecule has 1 N–H and O–H groups in total. The average molecular weight is 527 g/mol. The summed E-state index contributed by atoms with van der Waals surface area (Å²) in [5.74, 6) is 0.0465. The number of hydrogen-bond donors (Lipinski definition) is 1. The molecule has 13 heteroatoms. The second kappa shape index (κ2) is 8.97. The summed E-state index contributed by atoms with van der Waals surface area (Å²) in [5.41, 5.74) is -0.682. The second-order valence-electron chi connectivity index (χ2n) is 8.64. The summed E-state index contributed by atoms with van der Waals surface area (Å²) >= 11 is 5.65. The standard InChI is InChI=1S/C23H16ClF5N4O3/c24-13-7-14(25)12(6-15(13)26)19(11-8-36-9-11)32-20(34)18-5-10-1-2-17(10)33(18)21(35)16-3-4-30-22(31-16)23(27,28)29/h3-4,6-7,10-11,17-19H,5,8-9H2,(H,32,34)/t10-,17-,18-,19-/m1/s1. The molecule has 0 bridgehead atoms. The van der Waals surface area contributed by atoms with Gasteiger partial charge in [-0.3, -0.25) is 9.59 Å². The van der Waals surface area contributed by atoms with Crippen molar-refractivity contribution in [1.82, 2.24) is 20.2 Å². The molecule has 5 rings (SSSR count). The summed E-state index contributed by atoms with van der Waals surface area (Å²) in [6.07, 6.45) is -3.94. The van der Waals surface area contributed by atoms with E-state index in [0.29, 0.717) is 0 Å². The van der Waals surface area contributed by atoms with Crippen LogP contribution in [0, 0.1) is 35.3 Å². The fourth-order valence-electron chi connectivity index (χ4n) is 4.44. The van der Waals surface area contributed by atoms with Crippen molar-refractivity contribution in [3.63, 3.8) is 0 Å². The van der Waals surface area contributed by atoms with Crippen LogP contribution in [0.4, 0.5) is 22.0 Å². The molecule has 0 spiro atoms. The first-order valence-corrected chi connectivity index (χ1v) is 11.2. The van der Waals surface area contributed by atoms with Crippen LogP contribution in [0.15, 0.2) is 24.4 Å². The number of hydrogen-bond acceptors (Lipinski definition) is 5. The Morgan fingerprint density at radius 3 is 2.56 bits per heavy atom. The molecule has 2 aromatic rings. The van der Waals surface area contributed by atoms with Gasteiger partial charge in [-0.25, -0.2) is 18.7 Å². The molecule has 1 aromatic heterocycles. The number of alkyl halides is 3.